The molecule has 0 amide bonds. The maximum absolute atomic E-state index is 6.56. The van der Waals surface area contributed by atoms with E-state index in [1.165, 1.54) is 199 Å². The second-order valence-corrected chi connectivity index (χ2v) is 42.9. The maximum atomic E-state index is 6.56. The van der Waals surface area contributed by atoms with Gasteiger partial charge in [-0.1, -0.05) is 269 Å². The number of benzene rings is 8. The van der Waals surface area contributed by atoms with Crippen LogP contribution in [0.4, 0.5) is 0 Å². The number of hydrogen-bond donors (Lipinski definition) is 0. The molecule has 8 aromatic carbocycles. The van der Waals surface area contributed by atoms with Crippen molar-refractivity contribution in [2.24, 2.45) is 29.6 Å². The topological polar surface area (TPSA) is 73.8 Å². The molecular formula is C100H140B4Br2O8. The highest BCUT2D eigenvalue weighted by Crippen LogP contribution is 2.52. The Morgan fingerprint density at radius 2 is 0.684 bits per heavy atom. The molecule has 6 aliphatic rings. The highest BCUT2D eigenvalue weighted by atomic mass is 79.9. The Hall–Kier alpha value is -4.30. The summed E-state index contributed by atoms with van der Waals surface area (Å²) in [5.41, 5.74) is 16.6. The van der Waals surface area contributed by atoms with Gasteiger partial charge in [0.05, 0.1) is 44.8 Å². The average Bonchev–Trinajstić information content (AvgIpc) is 1.31. The van der Waals surface area contributed by atoms with Crippen LogP contribution in [0, 0.1) is 29.6 Å². The molecule has 2 aliphatic carbocycles. The van der Waals surface area contributed by atoms with E-state index in [-0.39, 0.29) is 78.7 Å². The summed E-state index contributed by atoms with van der Waals surface area (Å²) >= 11 is 7.93. The lowest BCUT2D eigenvalue weighted by Gasteiger charge is -2.32. The fraction of sp³-hybridized carbons (Fsp3) is 0.600. The Morgan fingerprint density at radius 3 is 1.07 bits per heavy atom. The van der Waals surface area contributed by atoms with Crippen molar-refractivity contribution < 1.29 is 37.2 Å². The van der Waals surface area contributed by atoms with E-state index in [1.54, 1.807) is 0 Å². The van der Waals surface area contributed by atoms with Crippen LogP contribution in [0.3, 0.4) is 0 Å². The summed E-state index contributed by atoms with van der Waals surface area (Å²) in [4.78, 5) is 0. The average molecular weight is 1670 g/mol. The van der Waals surface area contributed by atoms with Crippen LogP contribution < -0.4 is 21.9 Å². The van der Waals surface area contributed by atoms with Gasteiger partial charge >= 0.3 is 28.5 Å². The quantitative estimate of drug-likeness (QED) is 0.0302. The first-order valence-electron chi connectivity index (χ1n) is 44.4. The lowest BCUT2D eigenvalue weighted by Crippen LogP contribution is -2.41. The molecule has 2 unspecified atom stereocenters. The van der Waals surface area contributed by atoms with E-state index in [2.05, 4.69) is 315 Å². The Labute approximate surface area is 708 Å². The Bertz CT molecular complexity index is 4450. The van der Waals surface area contributed by atoms with Gasteiger partial charge in [-0.2, -0.15) is 0 Å². The Morgan fingerprint density at radius 1 is 0.342 bits per heavy atom. The predicted octanol–water partition coefficient (Wildman–Crippen LogP) is 25.5. The zero-order valence-electron chi connectivity index (χ0n) is 75.2. The molecule has 0 spiro atoms. The molecule has 4 aliphatic heterocycles. The minimum Gasteiger partial charge on any atom is -0.399 e. The molecule has 114 heavy (non-hydrogen) atoms. The standard InChI is InChI=1S/C36H54B2O4.C36H48Br2.C28H38B2O4/c1-12-13-14-15-16-17-18-19-25-22-27(38-41-35(8,9)36(10,11)42-38)24-30-31(25)28-21-20-26(23-29(28)32(30,2)3)37-39-33(4,5)34(6,7)40-37;1-23(2)9-7-11-25(5)13-15-27-21-33(37)31-20-18-30-28(16-14-26(6)12-8-10-24(3)4)22-34(38)32-19-17-29(27)35(31)36(30)32;1-18-14-19-16-21(29-31-25(2,3)26(4,5)32-29)10-12-23(19)24-13-11-22(17-20(24)15-18)30-33-27(6,7)28(8,9)34-30/h20-24H,12-19H2,1-11H3;17-26H,7-16H2,1-6H3;10-13,16-18H,14-15H2,1-9H3. The van der Waals surface area contributed by atoms with E-state index in [0.29, 0.717) is 5.92 Å². The fourth-order valence-electron chi connectivity index (χ4n) is 18.2. The third kappa shape index (κ3) is 18.8. The number of fused-ring (bicyclic) bond motifs is 6. The van der Waals surface area contributed by atoms with Crippen LogP contribution >= 0.6 is 31.9 Å². The fourth-order valence-corrected chi connectivity index (χ4v) is 19.4. The van der Waals surface area contributed by atoms with Gasteiger partial charge in [-0.05, 0) is 319 Å². The normalized spacial score (nSPS) is 20.3. The molecule has 8 aromatic rings. The predicted molar refractivity (Wildman–Crippen MR) is 495 cm³/mol. The van der Waals surface area contributed by atoms with Crippen molar-refractivity contribution >= 4 is 115 Å². The van der Waals surface area contributed by atoms with Crippen molar-refractivity contribution in [3.8, 4) is 22.3 Å². The molecule has 14 heteroatoms. The van der Waals surface area contributed by atoms with Crippen molar-refractivity contribution in [2.75, 3.05) is 0 Å². The molecule has 614 valence electrons. The lowest BCUT2D eigenvalue weighted by molar-refractivity contribution is 0.00578. The van der Waals surface area contributed by atoms with E-state index in [0.717, 1.165) is 77.6 Å². The van der Waals surface area contributed by atoms with Gasteiger partial charge in [0.25, 0.3) is 0 Å². The van der Waals surface area contributed by atoms with E-state index in [1.807, 2.05) is 0 Å². The van der Waals surface area contributed by atoms with Gasteiger partial charge in [0.1, 0.15) is 0 Å². The van der Waals surface area contributed by atoms with Gasteiger partial charge in [0, 0.05) is 14.4 Å². The highest BCUT2D eigenvalue weighted by Gasteiger charge is 2.56. The molecule has 0 saturated carbocycles. The van der Waals surface area contributed by atoms with E-state index >= 15 is 0 Å². The van der Waals surface area contributed by atoms with Crippen molar-refractivity contribution in [1.29, 1.82) is 0 Å². The van der Waals surface area contributed by atoms with Gasteiger partial charge < -0.3 is 37.2 Å². The van der Waals surface area contributed by atoms with Crippen LogP contribution in [0.15, 0.2) is 112 Å². The zero-order chi connectivity index (χ0) is 82.8. The molecule has 2 atom stereocenters. The summed E-state index contributed by atoms with van der Waals surface area (Å²) in [5.74, 6) is 3.70. The Balaban J connectivity index is 0.000000159. The summed E-state index contributed by atoms with van der Waals surface area (Å²) in [6, 6.07) is 39.3. The molecule has 0 aromatic heterocycles. The molecule has 0 bridgehead atoms. The van der Waals surface area contributed by atoms with Crippen LogP contribution in [0.1, 0.15) is 315 Å². The van der Waals surface area contributed by atoms with Gasteiger partial charge in [-0.3, -0.25) is 0 Å². The van der Waals surface area contributed by atoms with Gasteiger partial charge in [0.2, 0.25) is 0 Å². The third-order valence-electron chi connectivity index (χ3n) is 28.5. The largest absolute Gasteiger partial charge is 0.494 e. The first kappa shape index (κ1) is 89.0. The number of halogens is 2. The Kier molecular flexibility index (Phi) is 27.1. The first-order chi connectivity index (χ1) is 53.3. The molecule has 4 fully saturated rings. The highest BCUT2D eigenvalue weighted by molar-refractivity contribution is 9.11. The summed E-state index contributed by atoms with van der Waals surface area (Å²) < 4.78 is 53.8. The second-order valence-electron chi connectivity index (χ2n) is 41.1. The zero-order valence-corrected chi connectivity index (χ0v) is 78.3. The summed E-state index contributed by atoms with van der Waals surface area (Å²) in [5, 5.41) is 8.48. The van der Waals surface area contributed by atoms with Crippen LogP contribution in [-0.4, -0.2) is 73.3 Å². The summed E-state index contributed by atoms with van der Waals surface area (Å²) in [6.07, 6.45) is 25.2. The van der Waals surface area contributed by atoms with Crippen molar-refractivity contribution in [1.82, 2.24) is 0 Å². The molecule has 4 heterocycles. The second kappa shape index (κ2) is 34.7. The third-order valence-corrected chi connectivity index (χ3v) is 29.8. The maximum Gasteiger partial charge on any atom is 0.494 e. The molecule has 4 saturated heterocycles. The minimum absolute atomic E-state index is 0.168. The van der Waals surface area contributed by atoms with Crippen molar-refractivity contribution in [3.05, 3.63) is 151 Å². The van der Waals surface area contributed by atoms with Gasteiger partial charge in [-0.25, -0.2) is 0 Å². The number of aryl methyl sites for hydroxylation is 3. The van der Waals surface area contributed by atoms with Gasteiger partial charge in [0.15, 0.2) is 0 Å². The SMILES string of the molecule is CC(C)CCCC(C)CCc1cc(Br)c2ccc3c(CCC(C)CCCC(C)C)cc(Br)c4ccc1c2c43.CC1Cc2cc(B3OC(C)(C)C(C)(C)O3)ccc2-c2ccc(B3OC(C)(C)C(C)(C)O3)cc2C1.CCCCCCCCCc1cc(B2OC(C)(C)C(C)(C)O2)cc2c1-c1ccc(B3OC(C)(C)C(C)(C)O3)cc1C2(C)C. The number of rotatable bonds is 26. The molecule has 0 N–H and O–H groups in total. The summed E-state index contributed by atoms with van der Waals surface area (Å²) in [7, 11) is -1.40. The molecule has 0 radical (unpaired) electrons. The van der Waals surface area contributed by atoms with Gasteiger partial charge in [-0.15, -0.1) is 0 Å². The van der Waals surface area contributed by atoms with E-state index in [9.17, 15) is 0 Å². The molecular weight excluding hydrogens is 1530 g/mol. The molecule has 14 rings (SSSR count). The van der Waals surface area contributed by atoms with Crippen LogP contribution in [0.25, 0.3) is 54.6 Å². The van der Waals surface area contributed by atoms with Crippen LogP contribution in [0.2, 0.25) is 0 Å². The molecule has 8 nitrogen and oxygen atoms in total. The number of hydrogen-bond acceptors (Lipinski definition) is 8. The smallest absolute Gasteiger partial charge is 0.399 e. The van der Waals surface area contributed by atoms with Crippen molar-refractivity contribution in [3.63, 3.8) is 0 Å². The van der Waals surface area contributed by atoms with E-state index in [4.69, 9.17) is 37.2 Å². The number of unbranched alkanes of at least 4 members (excludes halogenated alkanes) is 6. The monoisotopic (exact) mass is 1670 g/mol. The minimum atomic E-state index is -0.369. The van der Waals surface area contributed by atoms with Crippen molar-refractivity contribution in [2.45, 2.75) is 359 Å². The lowest BCUT2D eigenvalue weighted by atomic mass is 9.72. The van der Waals surface area contributed by atoms with Crippen LogP contribution in [0.5, 0.6) is 0 Å². The van der Waals surface area contributed by atoms with E-state index < -0.39 is 0 Å². The summed E-state index contributed by atoms with van der Waals surface area (Å²) in [6.45, 7) is 57.4. The first-order valence-corrected chi connectivity index (χ1v) is 46.0. The van der Waals surface area contributed by atoms with Crippen LogP contribution in [-0.2, 0) is 74.8 Å².